The fourth-order valence-electron chi connectivity index (χ4n) is 2.05. The Bertz CT molecular complexity index is 601. The van der Waals surface area contributed by atoms with E-state index in [1.54, 1.807) is 0 Å². The van der Waals surface area contributed by atoms with Gasteiger partial charge < -0.3 is 21.4 Å². The molecule has 22 heavy (non-hydrogen) atoms. The lowest BCUT2D eigenvalue weighted by molar-refractivity contribution is -0.112. The van der Waals surface area contributed by atoms with E-state index in [1.807, 2.05) is 7.05 Å². The van der Waals surface area contributed by atoms with Crippen LogP contribution in [0.1, 0.15) is 0 Å². The zero-order valence-corrected chi connectivity index (χ0v) is 12.7. The van der Waals surface area contributed by atoms with E-state index in [0.29, 0.717) is 22.9 Å². The van der Waals surface area contributed by atoms with Crippen LogP contribution in [0.25, 0.3) is 0 Å². The molecule has 1 aliphatic heterocycles. The Morgan fingerprint density at radius 3 is 2.73 bits per heavy atom. The van der Waals surface area contributed by atoms with Gasteiger partial charge >= 0.3 is 0 Å². The maximum atomic E-state index is 13.1. The minimum absolute atomic E-state index is 0.0391. The van der Waals surface area contributed by atoms with Gasteiger partial charge in [-0.05, 0) is 19.2 Å². The van der Waals surface area contributed by atoms with Gasteiger partial charge in [-0.15, -0.1) is 11.8 Å². The van der Waals surface area contributed by atoms with Gasteiger partial charge in [-0.2, -0.15) is 0 Å². The van der Waals surface area contributed by atoms with Crippen LogP contribution < -0.4 is 16.0 Å². The van der Waals surface area contributed by atoms with E-state index in [0.717, 1.165) is 24.4 Å². The SMILES string of the molecule is CNCC1CSC(C(=O)Nc2cc(F)cc(F)c2)=C(C=N)N1. The first-order valence-corrected chi connectivity index (χ1v) is 7.58. The summed E-state index contributed by atoms with van der Waals surface area (Å²) in [5.41, 5.74) is 0.433. The molecular formula is C14H16F2N4OS. The number of hydrogen-bond acceptors (Lipinski definition) is 5. The summed E-state index contributed by atoms with van der Waals surface area (Å²) >= 11 is 1.31. The Balaban J connectivity index is 2.15. The lowest BCUT2D eigenvalue weighted by Gasteiger charge is -2.26. The van der Waals surface area contributed by atoms with Crippen molar-refractivity contribution in [1.82, 2.24) is 10.6 Å². The molecule has 2 rings (SSSR count). The molecule has 1 atom stereocenters. The van der Waals surface area contributed by atoms with E-state index >= 15 is 0 Å². The number of amides is 1. The Morgan fingerprint density at radius 1 is 1.45 bits per heavy atom. The van der Waals surface area contributed by atoms with Crippen LogP contribution in [0.15, 0.2) is 28.8 Å². The van der Waals surface area contributed by atoms with Crippen LogP contribution in [0.4, 0.5) is 14.5 Å². The van der Waals surface area contributed by atoms with Gasteiger partial charge in [0.05, 0.1) is 10.6 Å². The van der Waals surface area contributed by atoms with Crippen molar-refractivity contribution in [2.75, 3.05) is 24.7 Å². The summed E-state index contributed by atoms with van der Waals surface area (Å²) in [6.07, 6.45) is 1.07. The van der Waals surface area contributed by atoms with Crippen LogP contribution in [-0.4, -0.2) is 37.5 Å². The number of thioether (sulfide) groups is 1. The molecule has 1 aromatic rings. The first-order valence-electron chi connectivity index (χ1n) is 6.59. The summed E-state index contributed by atoms with van der Waals surface area (Å²) in [5, 5.41) is 16.0. The fourth-order valence-corrected chi connectivity index (χ4v) is 3.08. The maximum Gasteiger partial charge on any atom is 0.264 e. The molecule has 0 aromatic heterocycles. The molecule has 0 saturated heterocycles. The highest BCUT2D eigenvalue weighted by Gasteiger charge is 2.24. The van der Waals surface area contributed by atoms with E-state index in [-0.39, 0.29) is 11.7 Å². The number of rotatable bonds is 5. The quantitative estimate of drug-likeness (QED) is 0.621. The lowest BCUT2D eigenvalue weighted by Crippen LogP contribution is -2.43. The molecule has 118 valence electrons. The van der Waals surface area contributed by atoms with E-state index < -0.39 is 17.5 Å². The van der Waals surface area contributed by atoms with Crippen LogP contribution in [0.3, 0.4) is 0 Å². The topological polar surface area (TPSA) is 77.0 Å². The van der Waals surface area contributed by atoms with Crippen molar-refractivity contribution < 1.29 is 13.6 Å². The standard InChI is InChI=1S/C14H16F2N4OS/c1-18-6-11-7-22-13(12(5-17)19-11)14(21)20-10-3-8(15)2-9(16)4-10/h2-5,11,17-19H,6-7H2,1H3,(H,20,21). The minimum Gasteiger partial charge on any atom is -0.378 e. The number of carbonyl (C=O) groups excluding carboxylic acids is 1. The van der Waals surface area contributed by atoms with Crippen molar-refractivity contribution in [3.63, 3.8) is 0 Å². The molecule has 1 heterocycles. The highest BCUT2D eigenvalue weighted by Crippen LogP contribution is 2.26. The number of nitrogens with one attached hydrogen (secondary N) is 4. The first kappa shape index (κ1) is 16.4. The molecule has 0 spiro atoms. The average molecular weight is 326 g/mol. The normalized spacial score (nSPS) is 17.9. The predicted octanol–water partition coefficient (Wildman–Crippen LogP) is 1.69. The van der Waals surface area contributed by atoms with Gasteiger partial charge in [0, 0.05) is 36.3 Å². The van der Waals surface area contributed by atoms with Crippen molar-refractivity contribution >= 4 is 29.6 Å². The van der Waals surface area contributed by atoms with Crippen LogP contribution in [0.5, 0.6) is 0 Å². The second-order valence-corrected chi connectivity index (χ2v) is 5.74. The Hall–Kier alpha value is -1.93. The predicted molar refractivity (Wildman–Crippen MR) is 84.1 cm³/mol. The third-order valence-corrected chi connectivity index (χ3v) is 4.22. The van der Waals surface area contributed by atoms with E-state index in [4.69, 9.17) is 5.41 Å². The maximum absolute atomic E-state index is 13.1. The van der Waals surface area contributed by atoms with Crippen LogP contribution in [-0.2, 0) is 4.79 Å². The molecule has 1 unspecified atom stereocenters. The molecule has 5 nitrogen and oxygen atoms in total. The lowest BCUT2D eigenvalue weighted by atomic mass is 10.2. The van der Waals surface area contributed by atoms with Gasteiger partial charge in [0.2, 0.25) is 0 Å². The number of benzene rings is 1. The minimum atomic E-state index is -0.764. The molecule has 0 aliphatic carbocycles. The molecule has 0 radical (unpaired) electrons. The number of halogens is 2. The second kappa shape index (κ2) is 7.37. The molecule has 1 aromatic carbocycles. The molecule has 1 aliphatic rings. The zero-order valence-electron chi connectivity index (χ0n) is 11.9. The van der Waals surface area contributed by atoms with Gasteiger partial charge in [-0.1, -0.05) is 0 Å². The summed E-state index contributed by atoms with van der Waals surface area (Å²) in [4.78, 5) is 12.6. The largest absolute Gasteiger partial charge is 0.378 e. The molecule has 0 fully saturated rings. The highest BCUT2D eigenvalue weighted by atomic mass is 32.2. The summed E-state index contributed by atoms with van der Waals surface area (Å²) in [5.74, 6) is -1.37. The van der Waals surface area contributed by atoms with Crippen molar-refractivity contribution in [1.29, 1.82) is 5.41 Å². The zero-order chi connectivity index (χ0) is 16.1. The molecule has 8 heteroatoms. The molecular weight excluding hydrogens is 310 g/mol. The number of carbonyl (C=O) groups is 1. The van der Waals surface area contributed by atoms with Crippen LogP contribution in [0, 0.1) is 17.0 Å². The molecule has 4 N–H and O–H groups in total. The van der Waals surface area contributed by atoms with Crippen molar-refractivity contribution in [2.24, 2.45) is 0 Å². The Kier molecular flexibility index (Phi) is 5.51. The average Bonchev–Trinajstić information content (AvgIpc) is 2.46. The second-order valence-electron chi connectivity index (χ2n) is 4.71. The summed E-state index contributed by atoms with van der Waals surface area (Å²) in [7, 11) is 1.82. The van der Waals surface area contributed by atoms with Gasteiger partial charge in [-0.25, -0.2) is 8.78 Å². The van der Waals surface area contributed by atoms with E-state index in [9.17, 15) is 13.6 Å². The number of likely N-dealkylation sites (N-methyl/N-ethyl adjacent to an activating group) is 1. The van der Waals surface area contributed by atoms with E-state index in [1.165, 1.54) is 11.8 Å². The summed E-state index contributed by atoms with van der Waals surface area (Å²) in [6, 6.07) is 2.92. The third-order valence-electron chi connectivity index (χ3n) is 2.95. The van der Waals surface area contributed by atoms with Crippen molar-refractivity contribution in [3.8, 4) is 0 Å². The Morgan fingerprint density at radius 2 is 2.14 bits per heavy atom. The Labute approximate surface area is 131 Å². The summed E-state index contributed by atoms with van der Waals surface area (Å²) in [6.45, 7) is 0.703. The molecule has 1 amide bonds. The molecule has 0 saturated carbocycles. The highest BCUT2D eigenvalue weighted by molar-refractivity contribution is 8.04. The van der Waals surface area contributed by atoms with Gasteiger partial charge in [0.15, 0.2) is 0 Å². The number of hydrogen-bond donors (Lipinski definition) is 4. The van der Waals surface area contributed by atoms with E-state index in [2.05, 4.69) is 16.0 Å². The third kappa shape index (κ3) is 4.05. The van der Waals surface area contributed by atoms with Crippen LogP contribution >= 0.6 is 11.8 Å². The molecule has 0 bridgehead atoms. The summed E-state index contributed by atoms with van der Waals surface area (Å²) < 4.78 is 26.3. The number of allylic oxidation sites excluding steroid dienone is 1. The van der Waals surface area contributed by atoms with Gasteiger partial charge in [-0.3, -0.25) is 4.79 Å². The monoisotopic (exact) mass is 326 g/mol. The van der Waals surface area contributed by atoms with Gasteiger partial charge in [0.1, 0.15) is 11.6 Å². The first-order chi connectivity index (χ1) is 10.5. The van der Waals surface area contributed by atoms with Gasteiger partial charge in [0.25, 0.3) is 5.91 Å². The number of anilines is 1. The fraction of sp³-hybridized carbons (Fsp3) is 0.286. The van der Waals surface area contributed by atoms with Crippen molar-refractivity contribution in [3.05, 3.63) is 40.4 Å². The smallest absolute Gasteiger partial charge is 0.264 e. The van der Waals surface area contributed by atoms with Crippen LogP contribution in [0.2, 0.25) is 0 Å². The van der Waals surface area contributed by atoms with Crippen molar-refractivity contribution in [2.45, 2.75) is 6.04 Å².